The largest absolute Gasteiger partial charge is 0.456 e. The van der Waals surface area contributed by atoms with Gasteiger partial charge in [-0.25, -0.2) is 0 Å². The summed E-state index contributed by atoms with van der Waals surface area (Å²) in [6, 6.07) is 50.8. The lowest BCUT2D eigenvalue weighted by Gasteiger charge is -2.33. The van der Waals surface area contributed by atoms with Crippen LogP contribution in [0.4, 0.5) is 0 Å². The Kier molecular flexibility index (Phi) is 11.2. The van der Waals surface area contributed by atoms with E-state index in [9.17, 15) is 0 Å². The van der Waals surface area contributed by atoms with E-state index in [4.69, 9.17) is 11.0 Å². The highest BCUT2D eigenvalue weighted by Crippen LogP contribution is 2.48. The van der Waals surface area contributed by atoms with Crippen LogP contribution in [0.15, 0.2) is 151 Å². The molecule has 70 heavy (non-hydrogen) atoms. The first-order chi connectivity index (χ1) is 33.9. The van der Waals surface area contributed by atoms with E-state index in [1.165, 1.54) is 111 Å². The summed E-state index contributed by atoms with van der Waals surface area (Å²) in [6.45, 7) is 22.4. The van der Waals surface area contributed by atoms with Crippen molar-refractivity contribution in [3.05, 3.63) is 174 Å². The molecule has 2 unspecified atom stereocenters. The number of hydrogen-bond donors (Lipinski definition) is 0. The second-order valence-corrected chi connectivity index (χ2v) is 27.8. The van der Waals surface area contributed by atoms with Crippen LogP contribution in [0.3, 0.4) is 0 Å². The summed E-state index contributed by atoms with van der Waals surface area (Å²) < 4.78 is 14.8. The first kappa shape index (κ1) is 44.9. The predicted octanol–water partition coefficient (Wildman–Crippen LogP) is 16.2. The summed E-state index contributed by atoms with van der Waals surface area (Å²) in [5.41, 5.74) is 20.3. The normalized spacial score (nSPS) is 17.5. The topological polar surface area (TPSA) is 25.8 Å². The molecule has 2 atom stereocenters. The molecule has 0 N–H and O–H groups in total. The molecule has 9 aromatic rings. The van der Waals surface area contributed by atoms with Gasteiger partial charge in [-0.2, -0.15) is 13.7 Å². The number of allylic oxidation sites excluding steroid dienone is 1. The summed E-state index contributed by atoms with van der Waals surface area (Å²) in [4.78, 5) is 0. The number of nitrogens with zero attached hydrogens (tertiary/aromatic N) is 3. The molecule has 0 saturated heterocycles. The van der Waals surface area contributed by atoms with Gasteiger partial charge in [0.05, 0.1) is 20.1 Å². The van der Waals surface area contributed by atoms with Gasteiger partial charge in [0.1, 0.15) is 22.6 Å². The number of furan rings is 1. The first-order valence-electron chi connectivity index (χ1n) is 26.5. The number of aromatic nitrogens is 3. The summed E-state index contributed by atoms with van der Waals surface area (Å²) in [7, 11) is -1.76. The number of pyridine rings is 1. The van der Waals surface area contributed by atoms with Crippen molar-refractivity contribution in [3.63, 3.8) is 0 Å². The van der Waals surface area contributed by atoms with Gasteiger partial charge in [-0.05, 0) is 113 Å². The van der Waals surface area contributed by atoms with Crippen molar-refractivity contribution in [3.8, 4) is 39.5 Å². The molecule has 3 aromatic heterocycles. The van der Waals surface area contributed by atoms with Crippen LogP contribution < -0.4 is 14.3 Å². The van der Waals surface area contributed by atoms with E-state index in [1.807, 2.05) is 0 Å². The molecule has 5 heteroatoms. The second-order valence-electron chi connectivity index (χ2n) is 22.8. The first-order valence-corrected chi connectivity index (χ1v) is 30.0. The van der Waals surface area contributed by atoms with E-state index in [-0.39, 0.29) is 23.8 Å². The number of para-hydroxylation sites is 3. The van der Waals surface area contributed by atoms with Gasteiger partial charge in [0, 0.05) is 44.6 Å². The maximum atomic E-state index is 6.77. The van der Waals surface area contributed by atoms with Crippen LogP contribution in [0.5, 0.6) is 0 Å². The molecule has 1 saturated carbocycles. The lowest BCUT2D eigenvalue weighted by atomic mass is 9.77. The average molecular weight is 936 g/mol. The van der Waals surface area contributed by atoms with Crippen molar-refractivity contribution in [2.24, 2.45) is 5.92 Å². The maximum absolute atomic E-state index is 6.77. The van der Waals surface area contributed by atoms with Gasteiger partial charge < -0.3 is 4.42 Å². The number of hydrogen-bond acceptors (Lipinski definition) is 1. The third kappa shape index (κ3) is 7.53. The molecule has 12 rings (SSSR count). The zero-order chi connectivity index (χ0) is 48.0. The molecule has 0 spiro atoms. The molecule has 4 nitrogen and oxygen atoms in total. The van der Waals surface area contributed by atoms with Gasteiger partial charge in [0.25, 0.3) is 5.82 Å². The van der Waals surface area contributed by atoms with Crippen molar-refractivity contribution >= 4 is 51.9 Å². The second kappa shape index (κ2) is 17.5. The van der Waals surface area contributed by atoms with Crippen molar-refractivity contribution in [2.75, 3.05) is 0 Å². The highest BCUT2D eigenvalue weighted by molar-refractivity contribution is 6.89. The summed E-state index contributed by atoms with van der Waals surface area (Å²) in [6.07, 6.45) is 13.5. The Bertz CT molecular complexity index is 3470. The number of benzene rings is 6. The minimum Gasteiger partial charge on any atom is -0.456 e. The molecule has 1 fully saturated rings. The van der Waals surface area contributed by atoms with Crippen molar-refractivity contribution < 1.29 is 13.6 Å². The molecular formula is C65H69N3OSi+2. The smallest absolute Gasteiger partial charge is 0.300 e. The Labute approximate surface area is 416 Å². The predicted molar refractivity (Wildman–Crippen MR) is 295 cm³/mol. The van der Waals surface area contributed by atoms with E-state index in [2.05, 4.69) is 201 Å². The fourth-order valence-electron chi connectivity index (χ4n) is 13.1. The van der Waals surface area contributed by atoms with Gasteiger partial charge >= 0.3 is 0 Å². The minimum absolute atomic E-state index is 0.179. The molecule has 1 aliphatic carbocycles. The zero-order valence-electron chi connectivity index (χ0n) is 42.5. The van der Waals surface area contributed by atoms with Crippen LogP contribution >= 0.6 is 0 Å². The molecule has 2 aliphatic heterocycles. The number of aryl methyl sites for hydroxylation is 1. The van der Waals surface area contributed by atoms with Crippen LogP contribution in [-0.4, -0.2) is 12.6 Å². The maximum Gasteiger partial charge on any atom is 0.300 e. The number of fused-ring (bicyclic) bond motifs is 14. The van der Waals surface area contributed by atoms with E-state index in [0.717, 1.165) is 52.8 Å². The molecule has 3 aliphatic rings. The molecule has 0 bridgehead atoms. The third-order valence-electron chi connectivity index (χ3n) is 16.6. The van der Waals surface area contributed by atoms with E-state index >= 15 is 0 Å². The van der Waals surface area contributed by atoms with Crippen molar-refractivity contribution in [2.45, 2.75) is 129 Å². The standard InChI is InChI=1S/C65H69N3OSi/c1-41(2)53-35-47(45-23-13-10-14-24-45)36-54(42(3)4)64(53)68-58-29-19-18-28-57(58)67-43(5)33-59-51(32-31-46-38-62-56(39-55(46)65(67)68)52-27-17-20-30-61(52)69-62)49-25-15-16-26-50(49)60-37-48(34-44-21-11-9-12-22-44)63(40-66(59)60)70(6,7)8/h10,13-20,23-30,35-42,44,51,59H,5,9,11-12,21-22,31-34H2,1-4,6-8H3/q+2. The van der Waals surface area contributed by atoms with Gasteiger partial charge in [0.2, 0.25) is 5.69 Å². The number of rotatable bonds is 7. The van der Waals surface area contributed by atoms with E-state index < -0.39 is 8.07 Å². The van der Waals surface area contributed by atoms with Gasteiger partial charge in [-0.3, -0.25) is 0 Å². The molecule has 6 aromatic carbocycles. The SMILES string of the molecule is C=C1CC2C(CCc3cc4oc5ccccc5c4cc3-c3n(-c4c(C(C)C)cc(-c5ccccc5)cc4C(C)C)c4ccccc4[n+]31)c1ccccc1-c1cc(CC3CCCCC3)c([Si](C)(C)C)c[n+]12. The van der Waals surface area contributed by atoms with Gasteiger partial charge in [-0.15, -0.1) is 0 Å². The minimum atomic E-state index is -1.76. The van der Waals surface area contributed by atoms with Crippen LogP contribution in [0.2, 0.25) is 19.6 Å². The van der Waals surface area contributed by atoms with Crippen LogP contribution in [0.1, 0.15) is 124 Å². The molecule has 0 radical (unpaired) electrons. The van der Waals surface area contributed by atoms with E-state index in [0.29, 0.717) is 0 Å². The van der Waals surface area contributed by atoms with Gasteiger partial charge in [-0.1, -0.05) is 165 Å². The fraction of sp³-hybridized carbons (Fsp3) is 0.323. The Morgan fingerprint density at radius 1 is 0.686 bits per heavy atom. The highest BCUT2D eigenvalue weighted by atomic mass is 28.3. The third-order valence-corrected chi connectivity index (χ3v) is 18.6. The van der Waals surface area contributed by atoms with Crippen molar-refractivity contribution in [1.29, 1.82) is 0 Å². The quantitative estimate of drug-likeness (QED) is 0.115. The van der Waals surface area contributed by atoms with Gasteiger partial charge in [0.15, 0.2) is 23.3 Å². The van der Waals surface area contributed by atoms with Crippen LogP contribution in [-0.2, 0) is 12.8 Å². The average Bonchev–Trinajstić information content (AvgIpc) is 3.90. The fourth-order valence-corrected chi connectivity index (χ4v) is 14.8. The molecule has 352 valence electrons. The molecule has 5 heterocycles. The molecular weight excluding hydrogens is 867 g/mol. The zero-order valence-corrected chi connectivity index (χ0v) is 43.5. The summed E-state index contributed by atoms with van der Waals surface area (Å²) in [5.74, 6) is 2.76. The Morgan fingerprint density at radius 3 is 2.14 bits per heavy atom. The van der Waals surface area contributed by atoms with Crippen LogP contribution in [0, 0.1) is 5.92 Å². The lowest BCUT2D eigenvalue weighted by molar-refractivity contribution is -0.719. The molecule has 0 amide bonds. The van der Waals surface area contributed by atoms with Crippen LogP contribution in [0.25, 0.3) is 78.1 Å². The Balaban J connectivity index is 1.15. The Morgan fingerprint density at radius 2 is 1.39 bits per heavy atom. The van der Waals surface area contributed by atoms with Crippen molar-refractivity contribution in [1.82, 2.24) is 4.57 Å². The summed E-state index contributed by atoms with van der Waals surface area (Å²) >= 11 is 0. The van der Waals surface area contributed by atoms with E-state index in [1.54, 1.807) is 10.8 Å². The Hall–Kier alpha value is -6.30. The lowest BCUT2D eigenvalue weighted by Crippen LogP contribution is -2.54. The highest BCUT2D eigenvalue weighted by Gasteiger charge is 2.45. The number of imidazole rings is 1. The summed E-state index contributed by atoms with van der Waals surface area (Å²) in [5, 5.41) is 3.94. The monoisotopic (exact) mass is 936 g/mol.